The number of primary amides is 1. The molecule has 1 aromatic carbocycles. The summed E-state index contributed by atoms with van der Waals surface area (Å²) in [5, 5.41) is 11.5. The number of fused-ring (bicyclic) bond motifs is 1. The fraction of sp³-hybridized carbons (Fsp3) is 0.625. The summed E-state index contributed by atoms with van der Waals surface area (Å²) in [6.45, 7) is 12.2. The smallest absolute Gasteiger partial charge is 0.243 e. The molecule has 0 aliphatic heterocycles. The third-order valence-corrected chi connectivity index (χ3v) is 8.87. The van der Waals surface area contributed by atoms with Gasteiger partial charge in [0.2, 0.25) is 30.0 Å². The Morgan fingerprint density at radius 2 is 1.60 bits per heavy atom. The number of hydrogen-bond acceptors (Lipinski definition) is 8. The topological polar surface area (TPSA) is 198 Å². The van der Waals surface area contributed by atoms with E-state index < -0.39 is 47.8 Å². The van der Waals surface area contributed by atoms with Crippen molar-refractivity contribution in [3.8, 4) is 0 Å². The molecule has 8 N–H and O–H groups in total. The summed E-state index contributed by atoms with van der Waals surface area (Å²) in [5.74, 6) is -2.11. The SMILES string of the molecule is CC[C@H](C)[C@H](NC(=O)[C@H](Cc1nc2ccc(C(C)C)cc2s1)NC=O)C(=O)N[C@@H](CCCCN)C(=O)N[C@@H](CC(C)C)C(N)=O. The molecule has 250 valence electrons. The molecule has 0 spiro atoms. The van der Waals surface area contributed by atoms with Crippen molar-refractivity contribution in [1.29, 1.82) is 0 Å². The first-order chi connectivity index (χ1) is 21.3. The van der Waals surface area contributed by atoms with E-state index in [0.717, 1.165) is 10.2 Å². The number of aromatic nitrogens is 1. The van der Waals surface area contributed by atoms with E-state index in [0.29, 0.717) is 49.6 Å². The van der Waals surface area contributed by atoms with Crippen LogP contribution in [-0.4, -0.2) is 65.7 Å². The van der Waals surface area contributed by atoms with Gasteiger partial charge in [0.1, 0.15) is 24.2 Å². The van der Waals surface area contributed by atoms with Gasteiger partial charge in [0.05, 0.1) is 15.2 Å². The first kappa shape index (κ1) is 37.6. The Bertz CT molecular complexity index is 1300. The van der Waals surface area contributed by atoms with E-state index in [4.69, 9.17) is 11.5 Å². The van der Waals surface area contributed by atoms with Crippen LogP contribution in [0.25, 0.3) is 10.2 Å². The summed E-state index contributed by atoms with van der Waals surface area (Å²) in [4.78, 5) is 68.6. The monoisotopic (exact) mass is 645 g/mol. The van der Waals surface area contributed by atoms with Crippen molar-refractivity contribution < 1.29 is 24.0 Å². The van der Waals surface area contributed by atoms with Crippen molar-refractivity contribution in [1.82, 2.24) is 26.3 Å². The zero-order chi connectivity index (χ0) is 33.7. The summed E-state index contributed by atoms with van der Waals surface area (Å²) >= 11 is 1.46. The fourth-order valence-corrected chi connectivity index (χ4v) is 5.95. The minimum absolute atomic E-state index is 0.103. The van der Waals surface area contributed by atoms with Gasteiger partial charge in [-0.3, -0.25) is 24.0 Å². The maximum absolute atomic E-state index is 13.6. The Kier molecular flexibility index (Phi) is 15.4. The Morgan fingerprint density at radius 1 is 0.933 bits per heavy atom. The van der Waals surface area contributed by atoms with Gasteiger partial charge in [-0.1, -0.05) is 54.0 Å². The van der Waals surface area contributed by atoms with Gasteiger partial charge in [-0.05, 0) is 67.7 Å². The molecule has 0 unspecified atom stereocenters. The number of amides is 5. The first-order valence-electron chi connectivity index (χ1n) is 15.8. The van der Waals surface area contributed by atoms with Gasteiger partial charge in [0.15, 0.2) is 0 Å². The van der Waals surface area contributed by atoms with Gasteiger partial charge in [-0.2, -0.15) is 0 Å². The summed E-state index contributed by atoms with van der Waals surface area (Å²) in [6.07, 6.45) is 3.00. The molecule has 12 nitrogen and oxygen atoms in total. The van der Waals surface area contributed by atoms with Gasteiger partial charge < -0.3 is 32.7 Å². The predicted molar refractivity (Wildman–Crippen MR) is 177 cm³/mol. The summed E-state index contributed by atoms with van der Waals surface area (Å²) in [5.41, 5.74) is 13.2. The van der Waals surface area contributed by atoms with E-state index in [9.17, 15) is 24.0 Å². The maximum atomic E-state index is 13.6. The largest absolute Gasteiger partial charge is 0.368 e. The van der Waals surface area contributed by atoms with Crippen LogP contribution in [0, 0.1) is 11.8 Å². The molecular weight excluding hydrogens is 594 g/mol. The summed E-state index contributed by atoms with van der Waals surface area (Å²) in [6, 6.07) is 2.25. The lowest BCUT2D eigenvalue weighted by Gasteiger charge is -2.28. The molecule has 0 radical (unpaired) electrons. The van der Waals surface area contributed by atoms with Crippen LogP contribution in [0.4, 0.5) is 0 Å². The van der Waals surface area contributed by atoms with Gasteiger partial charge in [0.25, 0.3) is 0 Å². The van der Waals surface area contributed by atoms with Crippen LogP contribution in [0.3, 0.4) is 0 Å². The molecule has 0 saturated carbocycles. The van der Waals surface area contributed by atoms with E-state index >= 15 is 0 Å². The highest BCUT2D eigenvalue weighted by Crippen LogP contribution is 2.27. The zero-order valence-electron chi connectivity index (χ0n) is 27.4. The third-order valence-electron chi connectivity index (χ3n) is 7.83. The molecule has 45 heavy (non-hydrogen) atoms. The van der Waals surface area contributed by atoms with Crippen molar-refractivity contribution in [3.63, 3.8) is 0 Å². The summed E-state index contributed by atoms with van der Waals surface area (Å²) in [7, 11) is 0. The number of nitrogens with two attached hydrogens (primary N) is 2. The quantitative estimate of drug-likeness (QED) is 0.0937. The molecular formula is C32H51N7O5S. The van der Waals surface area contributed by atoms with Crippen molar-refractivity contribution in [2.24, 2.45) is 23.3 Å². The van der Waals surface area contributed by atoms with Gasteiger partial charge >= 0.3 is 0 Å². The second-order valence-corrected chi connectivity index (χ2v) is 13.5. The number of unbranched alkanes of at least 4 members (excludes halogenated alkanes) is 1. The van der Waals surface area contributed by atoms with Gasteiger partial charge in [-0.25, -0.2) is 4.98 Å². The van der Waals surface area contributed by atoms with Crippen LogP contribution in [0.1, 0.15) is 90.1 Å². The van der Waals surface area contributed by atoms with Crippen LogP contribution in [-0.2, 0) is 30.4 Å². The number of thiazole rings is 1. The highest BCUT2D eigenvalue weighted by molar-refractivity contribution is 7.18. The molecule has 1 aromatic heterocycles. The number of carbonyl (C=O) groups is 5. The Morgan fingerprint density at radius 3 is 2.18 bits per heavy atom. The normalized spacial score (nSPS) is 14.8. The van der Waals surface area contributed by atoms with Crippen LogP contribution in [0.5, 0.6) is 0 Å². The zero-order valence-corrected chi connectivity index (χ0v) is 28.2. The number of hydrogen-bond donors (Lipinski definition) is 6. The summed E-state index contributed by atoms with van der Waals surface area (Å²) < 4.78 is 0.990. The lowest BCUT2D eigenvalue weighted by atomic mass is 9.96. The molecule has 13 heteroatoms. The van der Waals surface area contributed by atoms with E-state index in [1.54, 1.807) is 0 Å². The number of benzene rings is 1. The third kappa shape index (κ3) is 11.7. The predicted octanol–water partition coefficient (Wildman–Crippen LogP) is 2.24. The Balaban J connectivity index is 2.24. The molecule has 0 aliphatic rings. The van der Waals surface area contributed by atoms with Crippen molar-refractivity contribution in [2.45, 2.75) is 110 Å². The number of nitrogens with one attached hydrogen (secondary N) is 4. The second kappa shape index (κ2) is 18.4. The lowest BCUT2D eigenvalue weighted by Crippen LogP contribution is -2.59. The molecule has 2 rings (SSSR count). The molecule has 1 heterocycles. The standard InChI is InChI=1S/C32H51N7O5S/c1-7-20(6)28(32(44)37-23(10-8-9-13-33)30(42)38-24(29(34)41)14-18(2)3)39-31(43)25(35-17-40)16-27-36-22-12-11-21(19(4)5)15-26(22)45-27/h11-12,15,17-20,23-25,28H,7-10,13-14,16,33H2,1-6H3,(H2,34,41)(H,35,40)(H,37,44)(H,38,42)(H,39,43)/t20-,23-,24-,25-,28-/m0/s1. The molecule has 5 atom stereocenters. The molecule has 2 aromatic rings. The molecule has 0 bridgehead atoms. The number of nitrogens with zero attached hydrogens (tertiary/aromatic N) is 1. The fourth-order valence-electron chi connectivity index (χ4n) is 4.89. The van der Waals surface area contributed by atoms with E-state index in [-0.39, 0.29) is 24.7 Å². The van der Waals surface area contributed by atoms with Crippen molar-refractivity contribution in [2.75, 3.05) is 6.54 Å². The Hall–Kier alpha value is -3.58. The highest BCUT2D eigenvalue weighted by atomic mass is 32.1. The molecule has 5 amide bonds. The molecule has 0 fully saturated rings. The second-order valence-electron chi connectivity index (χ2n) is 12.3. The number of rotatable bonds is 20. The minimum atomic E-state index is -0.991. The van der Waals surface area contributed by atoms with E-state index in [1.807, 2.05) is 39.8 Å². The van der Waals surface area contributed by atoms with Crippen LogP contribution < -0.4 is 32.7 Å². The van der Waals surface area contributed by atoms with Crippen molar-refractivity contribution in [3.05, 3.63) is 28.8 Å². The van der Waals surface area contributed by atoms with Crippen LogP contribution in [0.2, 0.25) is 0 Å². The number of carbonyl (C=O) groups excluding carboxylic acids is 5. The minimum Gasteiger partial charge on any atom is -0.368 e. The molecule has 0 saturated heterocycles. The Labute approximate surface area is 270 Å². The maximum Gasteiger partial charge on any atom is 0.243 e. The first-order valence-corrected chi connectivity index (χ1v) is 16.6. The molecule has 0 aliphatic carbocycles. The highest BCUT2D eigenvalue weighted by Gasteiger charge is 2.33. The van der Waals surface area contributed by atoms with Crippen LogP contribution >= 0.6 is 11.3 Å². The van der Waals surface area contributed by atoms with Gasteiger partial charge in [0, 0.05) is 6.42 Å². The van der Waals surface area contributed by atoms with Crippen molar-refractivity contribution >= 4 is 51.6 Å². The average molecular weight is 646 g/mol. The van der Waals surface area contributed by atoms with E-state index in [1.165, 1.54) is 16.9 Å². The van der Waals surface area contributed by atoms with Crippen LogP contribution in [0.15, 0.2) is 18.2 Å². The van der Waals surface area contributed by atoms with Gasteiger partial charge in [-0.15, -0.1) is 11.3 Å². The average Bonchev–Trinajstić information content (AvgIpc) is 3.39. The van der Waals surface area contributed by atoms with E-state index in [2.05, 4.69) is 46.2 Å². The lowest BCUT2D eigenvalue weighted by molar-refractivity contribution is -0.135.